The van der Waals surface area contributed by atoms with Crippen LogP contribution in [0.15, 0.2) is 24.3 Å². The zero-order valence-corrected chi connectivity index (χ0v) is 16.9. The van der Waals surface area contributed by atoms with Gasteiger partial charge in [0.1, 0.15) is 6.61 Å². The lowest BCUT2D eigenvalue weighted by Crippen LogP contribution is -2.23. The highest BCUT2D eigenvalue weighted by molar-refractivity contribution is 5.84. The SMILES string of the molecule is CCCCC(CC)C(=O)n1nc(OCCOCC)nc1-c1ccc(C)cc1. The maximum Gasteiger partial charge on any atom is 0.336 e. The third-order valence-electron chi connectivity index (χ3n) is 4.52. The summed E-state index contributed by atoms with van der Waals surface area (Å²) in [4.78, 5) is 17.6. The molecule has 1 heterocycles. The van der Waals surface area contributed by atoms with Crippen molar-refractivity contribution in [3.8, 4) is 17.4 Å². The summed E-state index contributed by atoms with van der Waals surface area (Å²) in [5.74, 6) is 0.446. The van der Waals surface area contributed by atoms with Gasteiger partial charge in [0.05, 0.1) is 6.61 Å². The normalized spacial score (nSPS) is 12.1. The van der Waals surface area contributed by atoms with Crippen LogP contribution >= 0.6 is 0 Å². The van der Waals surface area contributed by atoms with E-state index in [9.17, 15) is 4.79 Å². The predicted molar refractivity (Wildman–Crippen MR) is 106 cm³/mol. The number of carbonyl (C=O) groups excluding carboxylic acids is 1. The molecule has 0 saturated carbocycles. The van der Waals surface area contributed by atoms with Crippen molar-refractivity contribution >= 4 is 5.91 Å². The highest BCUT2D eigenvalue weighted by Gasteiger charge is 2.24. The van der Waals surface area contributed by atoms with E-state index in [0.29, 0.717) is 25.6 Å². The van der Waals surface area contributed by atoms with Gasteiger partial charge in [0.15, 0.2) is 5.82 Å². The van der Waals surface area contributed by atoms with Gasteiger partial charge < -0.3 is 9.47 Å². The lowest BCUT2D eigenvalue weighted by molar-refractivity contribution is 0.0801. The number of aromatic nitrogens is 3. The fraction of sp³-hybridized carbons (Fsp3) is 0.571. The van der Waals surface area contributed by atoms with Gasteiger partial charge in [-0.05, 0) is 26.7 Å². The molecule has 6 heteroatoms. The van der Waals surface area contributed by atoms with Crippen LogP contribution in [0, 0.1) is 12.8 Å². The maximum atomic E-state index is 13.1. The van der Waals surface area contributed by atoms with Crippen molar-refractivity contribution in [1.82, 2.24) is 14.8 Å². The first-order valence-corrected chi connectivity index (χ1v) is 9.89. The molecule has 6 nitrogen and oxygen atoms in total. The van der Waals surface area contributed by atoms with Gasteiger partial charge in [0, 0.05) is 18.1 Å². The van der Waals surface area contributed by atoms with Crippen molar-refractivity contribution in [1.29, 1.82) is 0 Å². The zero-order chi connectivity index (χ0) is 19.6. The van der Waals surface area contributed by atoms with Gasteiger partial charge in [-0.15, -0.1) is 5.10 Å². The van der Waals surface area contributed by atoms with Crippen molar-refractivity contribution < 1.29 is 14.3 Å². The Labute approximate surface area is 161 Å². The summed E-state index contributed by atoms with van der Waals surface area (Å²) >= 11 is 0. The molecule has 0 fully saturated rings. The van der Waals surface area contributed by atoms with Crippen molar-refractivity contribution in [3.63, 3.8) is 0 Å². The Balaban J connectivity index is 2.29. The van der Waals surface area contributed by atoms with Gasteiger partial charge in [-0.1, -0.05) is 56.5 Å². The number of benzene rings is 1. The molecule has 2 rings (SSSR count). The Hall–Kier alpha value is -2.21. The molecule has 0 bridgehead atoms. The second kappa shape index (κ2) is 10.8. The van der Waals surface area contributed by atoms with E-state index in [0.717, 1.165) is 36.8 Å². The van der Waals surface area contributed by atoms with E-state index in [1.165, 1.54) is 4.68 Å². The summed E-state index contributed by atoms with van der Waals surface area (Å²) in [6.07, 6.45) is 3.74. The molecule has 0 N–H and O–H groups in total. The van der Waals surface area contributed by atoms with Crippen LogP contribution in [0.3, 0.4) is 0 Å². The van der Waals surface area contributed by atoms with E-state index >= 15 is 0 Å². The molecule has 1 aromatic heterocycles. The van der Waals surface area contributed by atoms with Gasteiger partial charge in [-0.2, -0.15) is 9.67 Å². The Morgan fingerprint density at radius 1 is 1.15 bits per heavy atom. The summed E-state index contributed by atoms with van der Waals surface area (Å²) in [7, 11) is 0. The number of ether oxygens (including phenoxy) is 2. The smallest absolute Gasteiger partial charge is 0.336 e. The molecule has 1 atom stereocenters. The average Bonchev–Trinajstić information content (AvgIpc) is 3.10. The van der Waals surface area contributed by atoms with Crippen LogP contribution in [0.5, 0.6) is 6.01 Å². The molecule has 0 aliphatic carbocycles. The van der Waals surface area contributed by atoms with Crippen LogP contribution < -0.4 is 4.74 Å². The number of hydrogen-bond acceptors (Lipinski definition) is 5. The Kier molecular flexibility index (Phi) is 8.45. The molecule has 0 amide bonds. The molecule has 0 saturated heterocycles. The Morgan fingerprint density at radius 3 is 2.52 bits per heavy atom. The number of hydrogen-bond donors (Lipinski definition) is 0. The fourth-order valence-electron chi connectivity index (χ4n) is 2.86. The minimum Gasteiger partial charge on any atom is -0.460 e. The number of aryl methyl sites for hydroxylation is 1. The summed E-state index contributed by atoms with van der Waals surface area (Å²) in [6.45, 7) is 9.59. The van der Waals surface area contributed by atoms with Crippen LogP contribution in [0.2, 0.25) is 0 Å². The molecule has 2 aromatic rings. The van der Waals surface area contributed by atoms with Gasteiger partial charge >= 0.3 is 6.01 Å². The van der Waals surface area contributed by atoms with E-state index in [-0.39, 0.29) is 17.8 Å². The van der Waals surface area contributed by atoms with Gasteiger partial charge in [0.2, 0.25) is 0 Å². The molecule has 0 aliphatic heterocycles. The molecular weight excluding hydrogens is 342 g/mol. The van der Waals surface area contributed by atoms with Gasteiger partial charge in [-0.3, -0.25) is 4.79 Å². The van der Waals surface area contributed by atoms with Crippen molar-refractivity contribution in [2.24, 2.45) is 5.92 Å². The second-order valence-electron chi connectivity index (χ2n) is 6.63. The first kappa shape index (κ1) is 21.1. The van der Waals surface area contributed by atoms with Crippen LogP contribution in [0.1, 0.15) is 56.8 Å². The summed E-state index contributed by atoms with van der Waals surface area (Å²) in [6, 6.07) is 8.13. The van der Waals surface area contributed by atoms with E-state index in [4.69, 9.17) is 9.47 Å². The number of nitrogens with zero attached hydrogens (tertiary/aromatic N) is 3. The third-order valence-corrected chi connectivity index (χ3v) is 4.52. The highest BCUT2D eigenvalue weighted by Crippen LogP contribution is 2.24. The highest BCUT2D eigenvalue weighted by atomic mass is 16.5. The average molecular weight is 373 g/mol. The molecule has 1 aromatic carbocycles. The molecule has 0 radical (unpaired) electrons. The summed E-state index contributed by atoms with van der Waals surface area (Å²) in [5.41, 5.74) is 2.00. The van der Waals surface area contributed by atoms with Crippen LogP contribution in [-0.2, 0) is 4.74 Å². The molecule has 148 valence electrons. The number of carbonyl (C=O) groups is 1. The largest absolute Gasteiger partial charge is 0.460 e. The van der Waals surface area contributed by atoms with E-state index in [1.807, 2.05) is 45.0 Å². The Bertz CT molecular complexity index is 710. The lowest BCUT2D eigenvalue weighted by Gasteiger charge is -2.14. The molecule has 27 heavy (non-hydrogen) atoms. The maximum absolute atomic E-state index is 13.1. The predicted octanol–water partition coefficient (Wildman–Crippen LogP) is 4.53. The lowest BCUT2D eigenvalue weighted by atomic mass is 9.98. The van der Waals surface area contributed by atoms with Crippen molar-refractivity contribution in [3.05, 3.63) is 29.8 Å². The van der Waals surface area contributed by atoms with Gasteiger partial charge in [-0.25, -0.2) is 0 Å². The molecule has 1 unspecified atom stereocenters. The van der Waals surface area contributed by atoms with Crippen LogP contribution in [-0.4, -0.2) is 40.5 Å². The van der Waals surface area contributed by atoms with E-state index in [2.05, 4.69) is 17.0 Å². The standard InChI is InChI=1S/C21H31N3O3/c1-5-8-9-17(6-2)20(25)24-19(18-12-10-16(4)11-13-18)22-21(23-24)27-15-14-26-7-3/h10-13,17H,5-9,14-15H2,1-4H3. The van der Waals surface area contributed by atoms with E-state index in [1.54, 1.807) is 0 Å². The van der Waals surface area contributed by atoms with Crippen molar-refractivity contribution in [2.75, 3.05) is 19.8 Å². The zero-order valence-electron chi connectivity index (χ0n) is 16.9. The molecular formula is C21H31N3O3. The van der Waals surface area contributed by atoms with Crippen molar-refractivity contribution in [2.45, 2.75) is 53.4 Å². The second-order valence-corrected chi connectivity index (χ2v) is 6.63. The number of unbranched alkanes of at least 4 members (excludes halogenated alkanes) is 1. The molecule has 0 spiro atoms. The minimum absolute atomic E-state index is 0.0197. The monoisotopic (exact) mass is 373 g/mol. The van der Waals surface area contributed by atoms with Crippen LogP contribution in [0.25, 0.3) is 11.4 Å². The Morgan fingerprint density at radius 2 is 1.89 bits per heavy atom. The topological polar surface area (TPSA) is 66.2 Å². The van der Waals surface area contributed by atoms with E-state index < -0.39 is 0 Å². The fourth-order valence-corrected chi connectivity index (χ4v) is 2.86. The number of rotatable bonds is 11. The minimum atomic E-state index is -0.0628. The van der Waals surface area contributed by atoms with Crippen LogP contribution in [0.4, 0.5) is 0 Å². The first-order chi connectivity index (χ1) is 13.1. The summed E-state index contributed by atoms with van der Waals surface area (Å²) < 4.78 is 12.3. The summed E-state index contributed by atoms with van der Waals surface area (Å²) in [5, 5.41) is 4.36. The van der Waals surface area contributed by atoms with Gasteiger partial charge in [0.25, 0.3) is 5.91 Å². The quantitative estimate of drug-likeness (QED) is 0.542. The third kappa shape index (κ3) is 5.89. The molecule has 0 aliphatic rings. The first-order valence-electron chi connectivity index (χ1n) is 9.89.